The number of carbonyl (C=O) groups excluding carboxylic acids is 1. The van der Waals surface area contributed by atoms with Crippen molar-refractivity contribution in [3.8, 4) is 0 Å². The maximum Gasteiger partial charge on any atom is 0.509 e. The van der Waals surface area contributed by atoms with Crippen LogP contribution in [-0.2, 0) is 4.79 Å². The van der Waals surface area contributed by atoms with Crippen molar-refractivity contribution in [1.29, 1.82) is 0 Å². The fourth-order valence-corrected chi connectivity index (χ4v) is 1.22. The van der Waals surface area contributed by atoms with E-state index in [9.17, 15) is 4.79 Å². The van der Waals surface area contributed by atoms with E-state index in [1.165, 1.54) is 19.3 Å². The van der Waals surface area contributed by atoms with Crippen molar-refractivity contribution in [2.45, 2.75) is 32.1 Å². The molecule has 8 heavy (non-hydrogen) atoms. The van der Waals surface area contributed by atoms with Crippen molar-refractivity contribution in [1.82, 2.24) is 0 Å². The summed E-state index contributed by atoms with van der Waals surface area (Å²) in [5.74, 6) is 0.281. The first kappa shape index (κ1) is 5.71. The lowest BCUT2D eigenvalue weighted by molar-refractivity contribution is 0.414. The number of rotatable bonds is 1. The van der Waals surface area contributed by atoms with E-state index in [-0.39, 0.29) is 5.92 Å². The van der Waals surface area contributed by atoms with Gasteiger partial charge in [0.2, 0.25) is 5.92 Å². The monoisotopic (exact) mass is 111 g/mol. The third kappa shape index (κ3) is 1.28. The van der Waals surface area contributed by atoms with Crippen molar-refractivity contribution in [3.05, 3.63) is 0 Å². The van der Waals surface area contributed by atoms with E-state index in [4.69, 9.17) is 0 Å². The van der Waals surface area contributed by atoms with Gasteiger partial charge in [0.05, 0.1) is 0 Å². The SMILES string of the molecule is O=[C+]C1CCCCC1. The second-order valence-corrected chi connectivity index (χ2v) is 2.45. The standard InChI is InChI=1S/C7H11O/c8-6-7-4-2-1-3-5-7/h7H,1-5H2/q+1. The fraction of sp³-hybridized carbons (Fsp3) is 0.857. The summed E-state index contributed by atoms with van der Waals surface area (Å²) in [6.07, 6.45) is 8.02. The Bertz CT molecular complexity index is 72.5. The molecule has 0 radical (unpaired) electrons. The summed E-state index contributed by atoms with van der Waals surface area (Å²) in [5, 5.41) is 0. The summed E-state index contributed by atoms with van der Waals surface area (Å²) in [5.41, 5.74) is 0. The van der Waals surface area contributed by atoms with Crippen molar-refractivity contribution < 1.29 is 4.79 Å². The molecule has 1 aliphatic carbocycles. The van der Waals surface area contributed by atoms with E-state index in [0.717, 1.165) is 12.8 Å². The Morgan fingerprint density at radius 2 is 1.75 bits per heavy atom. The summed E-state index contributed by atoms with van der Waals surface area (Å²) in [4.78, 5) is 10.0. The van der Waals surface area contributed by atoms with Crippen LogP contribution in [0.15, 0.2) is 0 Å². The molecule has 0 heterocycles. The molecule has 0 bridgehead atoms. The molecule has 1 aliphatic rings. The Morgan fingerprint density at radius 1 is 1.12 bits per heavy atom. The van der Waals surface area contributed by atoms with E-state index < -0.39 is 0 Å². The van der Waals surface area contributed by atoms with Gasteiger partial charge in [-0.15, -0.1) is 0 Å². The van der Waals surface area contributed by atoms with Crippen LogP contribution in [0.4, 0.5) is 0 Å². The van der Waals surface area contributed by atoms with Crippen molar-refractivity contribution in [3.63, 3.8) is 0 Å². The summed E-state index contributed by atoms with van der Waals surface area (Å²) in [6.45, 7) is 0. The molecule has 0 spiro atoms. The van der Waals surface area contributed by atoms with Gasteiger partial charge in [-0.2, -0.15) is 0 Å². The quantitative estimate of drug-likeness (QED) is 0.470. The molecule has 0 atom stereocenters. The van der Waals surface area contributed by atoms with E-state index in [2.05, 4.69) is 6.29 Å². The van der Waals surface area contributed by atoms with Crippen LogP contribution in [0.5, 0.6) is 0 Å². The van der Waals surface area contributed by atoms with Crippen molar-refractivity contribution in [2.24, 2.45) is 5.92 Å². The zero-order valence-electron chi connectivity index (χ0n) is 5.02. The second-order valence-electron chi connectivity index (χ2n) is 2.45. The highest BCUT2D eigenvalue weighted by molar-refractivity contribution is 5.54. The van der Waals surface area contributed by atoms with Crippen LogP contribution in [0.25, 0.3) is 0 Å². The summed E-state index contributed by atoms with van der Waals surface area (Å²) in [6, 6.07) is 0. The highest BCUT2D eigenvalue weighted by atomic mass is 16.1. The Balaban J connectivity index is 2.22. The third-order valence-electron chi connectivity index (χ3n) is 1.77. The molecule has 0 N–H and O–H groups in total. The van der Waals surface area contributed by atoms with Crippen LogP contribution in [0.3, 0.4) is 0 Å². The number of hydrogen-bond donors (Lipinski definition) is 0. The number of hydrogen-bond acceptors (Lipinski definition) is 1. The highest BCUT2D eigenvalue weighted by Crippen LogP contribution is 2.21. The molecule has 1 heteroatoms. The molecule has 1 nitrogen and oxygen atoms in total. The van der Waals surface area contributed by atoms with Crippen LogP contribution in [-0.4, -0.2) is 6.29 Å². The van der Waals surface area contributed by atoms with Gasteiger partial charge in [0.15, 0.2) is 0 Å². The molecule has 44 valence electrons. The predicted molar refractivity (Wildman–Crippen MR) is 32.3 cm³/mol. The van der Waals surface area contributed by atoms with Gasteiger partial charge in [-0.3, -0.25) is 0 Å². The lowest BCUT2D eigenvalue weighted by Crippen LogP contribution is -2.06. The van der Waals surface area contributed by atoms with Gasteiger partial charge < -0.3 is 0 Å². The molecule has 1 saturated carbocycles. The minimum absolute atomic E-state index is 0.281. The van der Waals surface area contributed by atoms with Crippen LogP contribution in [0.2, 0.25) is 0 Å². The average Bonchev–Trinajstić information content (AvgIpc) is 1.90. The first-order valence-corrected chi connectivity index (χ1v) is 3.31. The molecule has 0 aromatic heterocycles. The van der Waals surface area contributed by atoms with Gasteiger partial charge >= 0.3 is 6.29 Å². The van der Waals surface area contributed by atoms with Crippen molar-refractivity contribution in [2.75, 3.05) is 0 Å². The third-order valence-corrected chi connectivity index (χ3v) is 1.77. The minimum atomic E-state index is 0.281. The first-order valence-electron chi connectivity index (χ1n) is 3.31. The van der Waals surface area contributed by atoms with E-state index in [1.807, 2.05) is 0 Å². The normalized spacial score (nSPS) is 22.5. The maximum atomic E-state index is 10.0. The lowest BCUT2D eigenvalue weighted by atomic mass is 9.91. The molecule has 0 aromatic carbocycles. The van der Waals surface area contributed by atoms with Gasteiger partial charge in [-0.1, -0.05) is 6.42 Å². The van der Waals surface area contributed by atoms with Gasteiger partial charge in [-0.25, -0.2) is 0 Å². The molecule has 0 unspecified atom stereocenters. The lowest BCUT2D eigenvalue weighted by Gasteiger charge is -2.06. The Kier molecular flexibility index (Phi) is 1.99. The molecule has 0 aromatic rings. The minimum Gasteiger partial charge on any atom is -0.0529 e. The molecule has 1 fully saturated rings. The zero-order valence-corrected chi connectivity index (χ0v) is 5.02. The average molecular weight is 111 g/mol. The van der Waals surface area contributed by atoms with Crippen LogP contribution in [0.1, 0.15) is 32.1 Å². The Labute approximate surface area is 50.1 Å². The van der Waals surface area contributed by atoms with E-state index >= 15 is 0 Å². The van der Waals surface area contributed by atoms with Crippen LogP contribution < -0.4 is 0 Å². The molecule has 0 amide bonds. The van der Waals surface area contributed by atoms with E-state index in [0.29, 0.717) is 0 Å². The van der Waals surface area contributed by atoms with Gasteiger partial charge in [0.25, 0.3) is 0 Å². The summed E-state index contributed by atoms with van der Waals surface area (Å²) < 4.78 is 0. The van der Waals surface area contributed by atoms with Crippen LogP contribution >= 0.6 is 0 Å². The summed E-state index contributed by atoms with van der Waals surface area (Å²) >= 11 is 0. The van der Waals surface area contributed by atoms with E-state index in [1.54, 1.807) is 0 Å². The topological polar surface area (TPSA) is 17.1 Å². The largest absolute Gasteiger partial charge is 0.509 e. The van der Waals surface area contributed by atoms with Gasteiger partial charge in [-0.05, 0) is 12.8 Å². The second kappa shape index (κ2) is 2.78. The molecular weight excluding hydrogens is 100 g/mol. The molecule has 0 saturated heterocycles. The Morgan fingerprint density at radius 3 is 2.12 bits per heavy atom. The predicted octanol–water partition coefficient (Wildman–Crippen LogP) is 1.68. The molecule has 0 aliphatic heterocycles. The van der Waals surface area contributed by atoms with Gasteiger partial charge in [0.1, 0.15) is 0 Å². The highest BCUT2D eigenvalue weighted by Gasteiger charge is 2.23. The van der Waals surface area contributed by atoms with Crippen LogP contribution in [0, 0.1) is 5.92 Å². The smallest absolute Gasteiger partial charge is 0.0529 e. The Hall–Kier alpha value is -0.420. The molecular formula is C7H11O+. The van der Waals surface area contributed by atoms with Crippen molar-refractivity contribution >= 4 is 6.29 Å². The first-order chi connectivity index (χ1) is 3.93. The maximum absolute atomic E-state index is 10.0. The zero-order chi connectivity index (χ0) is 5.82. The summed E-state index contributed by atoms with van der Waals surface area (Å²) in [7, 11) is 0. The molecule has 1 rings (SSSR count). The van der Waals surface area contributed by atoms with Gasteiger partial charge in [0, 0.05) is 17.6 Å². The fourth-order valence-electron chi connectivity index (χ4n) is 1.22.